The van der Waals surface area contributed by atoms with Gasteiger partial charge in [0.25, 0.3) is 0 Å². The minimum Gasteiger partial charge on any atom is -0.457 e. The van der Waals surface area contributed by atoms with Crippen LogP contribution in [0.3, 0.4) is 0 Å². The lowest BCUT2D eigenvalue weighted by molar-refractivity contribution is 0.147. The molecule has 2 unspecified atom stereocenters. The Hall–Kier alpha value is -2.11. The Morgan fingerprint density at radius 2 is 2.06 bits per heavy atom. The van der Waals surface area contributed by atoms with Crippen molar-refractivity contribution in [3.05, 3.63) is 82.9 Å². The Labute approximate surface area is 197 Å². The molecular weight excluding hydrogens is 420 g/mol. The zero-order chi connectivity index (χ0) is 22.8. The number of allylic oxidation sites excluding steroid dienone is 3. The first-order valence-electron chi connectivity index (χ1n) is 11.5. The quantitative estimate of drug-likeness (QED) is 0.411. The molecule has 5 heteroatoms. The van der Waals surface area contributed by atoms with Crippen LogP contribution in [-0.2, 0) is 6.54 Å². The molecule has 0 radical (unpaired) electrons. The van der Waals surface area contributed by atoms with E-state index >= 15 is 0 Å². The van der Waals surface area contributed by atoms with Gasteiger partial charge in [-0.15, -0.1) is 0 Å². The van der Waals surface area contributed by atoms with E-state index in [0.29, 0.717) is 11.1 Å². The van der Waals surface area contributed by atoms with Crippen molar-refractivity contribution in [3.63, 3.8) is 0 Å². The fourth-order valence-corrected chi connectivity index (χ4v) is 4.29. The van der Waals surface area contributed by atoms with Crippen LogP contribution < -0.4 is 10.1 Å². The maximum Gasteiger partial charge on any atom is 0.127 e. The first-order chi connectivity index (χ1) is 15.6. The summed E-state index contributed by atoms with van der Waals surface area (Å²) in [5, 5.41) is 14.2. The van der Waals surface area contributed by atoms with Gasteiger partial charge in [-0.1, -0.05) is 47.5 Å². The fourth-order valence-electron chi connectivity index (χ4n) is 4.16. The number of hydrogen-bond donors (Lipinski definition) is 2. The summed E-state index contributed by atoms with van der Waals surface area (Å²) in [6.45, 7) is 7.22. The van der Waals surface area contributed by atoms with Crippen LogP contribution in [0.2, 0.25) is 5.02 Å². The van der Waals surface area contributed by atoms with E-state index in [2.05, 4.69) is 47.5 Å². The van der Waals surface area contributed by atoms with Gasteiger partial charge in [-0.25, -0.2) is 0 Å². The standard InChI is InChI=1S/C27H35ClN2O2/c1-3-4-7-21(2)16-24(19-30-15-6-9-25(30)20-31)29-18-22-8-5-10-27(17-22)32-26-13-11-23(28)12-14-26/h3-5,7-8,10-14,17,24-25,29,31H,6,9,15-16,18-20H2,1-2H3/b4-3-,21-7+. The molecule has 0 spiro atoms. The van der Waals surface area contributed by atoms with Crippen LogP contribution >= 0.6 is 11.6 Å². The van der Waals surface area contributed by atoms with Crippen LogP contribution in [0, 0.1) is 0 Å². The fraction of sp³-hybridized carbons (Fsp3) is 0.407. The summed E-state index contributed by atoms with van der Waals surface area (Å²) in [4.78, 5) is 2.43. The summed E-state index contributed by atoms with van der Waals surface area (Å²) in [7, 11) is 0. The van der Waals surface area contributed by atoms with E-state index in [4.69, 9.17) is 16.3 Å². The second-order valence-electron chi connectivity index (χ2n) is 8.50. The molecule has 0 amide bonds. The second-order valence-corrected chi connectivity index (χ2v) is 8.93. The van der Waals surface area contributed by atoms with E-state index in [1.807, 2.05) is 43.3 Å². The lowest BCUT2D eigenvalue weighted by atomic mass is 10.1. The summed E-state index contributed by atoms with van der Waals surface area (Å²) in [5.41, 5.74) is 2.52. The Morgan fingerprint density at radius 3 is 2.81 bits per heavy atom. The van der Waals surface area contributed by atoms with Crippen LogP contribution in [0.15, 0.2) is 72.3 Å². The van der Waals surface area contributed by atoms with Gasteiger partial charge in [0.15, 0.2) is 0 Å². The molecule has 32 heavy (non-hydrogen) atoms. The van der Waals surface area contributed by atoms with Gasteiger partial charge in [-0.2, -0.15) is 0 Å². The molecule has 0 aliphatic carbocycles. The average Bonchev–Trinajstić information content (AvgIpc) is 3.25. The van der Waals surface area contributed by atoms with Crippen molar-refractivity contribution in [2.24, 2.45) is 0 Å². The lowest BCUT2D eigenvalue weighted by Gasteiger charge is -2.29. The van der Waals surface area contributed by atoms with Crippen molar-refractivity contribution in [1.29, 1.82) is 0 Å². The number of nitrogens with one attached hydrogen (secondary N) is 1. The van der Waals surface area contributed by atoms with Crippen molar-refractivity contribution in [3.8, 4) is 11.5 Å². The van der Waals surface area contributed by atoms with Gasteiger partial charge >= 0.3 is 0 Å². The number of aliphatic hydroxyl groups is 1. The minimum atomic E-state index is 0.240. The van der Waals surface area contributed by atoms with Gasteiger partial charge in [0, 0.05) is 30.2 Å². The van der Waals surface area contributed by atoms with E-state index in [0.717, 1.165) is 50.4 Å². The number of aliphatic hydroxyl groups excluding tert-OH is 1. The van der Waals surface area contributed by atoms with Gasteiger partial charge in [-0.3, -0.25) is 4.90 Å². The van der Waals surface area contributed by atoms with E-state index in [9.17, 15) is 5.11 Å². The Bertz CT molecular complexity index is 895. The number of halogens is 1. The van der Waals surface area contributed by atoms with Crippen LogP contribution in [0.25, 0.3) is 0 Å². The van der Waals surface area contributed by atoms with Crippen LogP contribution in [0.4, 0.5) is 0 Å². The van der Waals surface area contributed by atoms with Gasteiger partial charge in [0.1, 0.15) is 11.5 Å². The van der Waals surface area contributed by atoms with Gasteiger partial charge in [-0.05, 0) is 81.6 Å². The van der Waals surface area contributed by atoms with E-state index in [-0.39, 0.29) is 12.6 Å². The topological polar surface area (TPSA) is 44.7 Å². The largest absolute Gasteiger partial charge is 0.457 e. The molecule has 2 N–H and O–H groups in total. The SMILES string of the molecule is C/C=C\C=C(/C)CC(CN1CCCC1CO)NCc1cccc(Oc2ccc(Cl)cc2)c1. The first-order valence-corrected chi connectivity index (χ1v) is 11.8. The smallest absolute Gasteiger partial charge is 0.127 e. The maximum atomic E-state index is 9.72. The molecule has 1 saturated heterocycles. The molecular formula is C27H35ClN2O2. The minimum absolute atomic E-state index is 0.240. The molecule has 0 aromatic heterocycles. The van der Waals surface area contributed by atoms with Crippen molar-refractivity contribution in [2.45, 2.75) is 51.7 Å². The number of nitrogens with zero attached hydrogens (tertiary/aromatic N) is 1. The summed E-state index contributed by atoms with van der Waals surface area (Å²) < 4.78 is 5.99. The first kappa shape index (κ1) is 24.5. The van der Waals surface area contributed by atoms with Crippen LogP contribution in [0.5, 0.6) is 11.5 Å². The van der Waals surface area contributed by atoms with Gasteiger partial charge in [0.2, 0.25) is 0 Å². The Morgan fingerprint density at radius 1 is 1.25 bits per heavy atom. The third-order valence-corrected chi connectivity index (χ3v) is 6.10. The van der Waals surface area contributed by atoms with Gasteiger partial charge < -0.3 is 15.2 Å². The highest BCUT2D eigenvalue weighted by atomic mass is 35.5. The molecule has 3 rings (SSSR count). The summed E-state index contributed by atoms with van der Waals surface area (Å²) >= 11 is 5.96. The zero-order valence-corrected chi connectivity index (χ0v) is 19.9. The monoisotopic (exact) mass is 454 g/mol. The van der Waals surface area contributed by atoms with Crippen molar-refractivity contribution in [1.82, 2.24) is 10.2 Å². The molecule has 1 aliphatic rings. The number of likely N-dealkylation sites (tertiary alicyclic amines) is 1. The highest BCUT2D eigenvalue weighted by molar-refractivity contribution is 6.30. The van der Waals surface area contributed by atoms with Crippen molar-refractivity contribution >= 4 is 11.6 Å². The number of rotatable bonds is 11. The molecule has 2 aromatic carbocycles. The second kappa shape index (κ2) is 12.8. The molecule has 172 valence electrons. The predicted octanol–water partition coefficient (Wildman–Crippen LogP) is 5.96. The molecule has 0 bridgehead atoms. The summed E-state index contributed by atoms with van der Waals surface area (Å²) in [6.07, 6.45) is 9.55. The molecule has 1 fully saturated rings. The Balaban J connectivity index is 1.64. The van der Waals surface area contributed by atoms with Crippen LogP contribution in [0.1, 0.15) is 38.7 Å². The summed E-state index contributed by atoms with van der Waals surface area (Å²) in [6, 6.07) is 16.2. The highest BCUT2D eigenvalue weighted by Gasteiger charge is 2.26. The molecule has 2 aromatic rings. The highest BCUT2D eigenvalue weighted by Crippen LogP contribution is 2.24. The summed E-state index contributed by atoms with van der Waals surface area (Å²) in [5.74, 6) is 1.58. The van der Waals surface area contributed by atoms with Crippen LogP contribution in [-0.4, -0.2) is 41.8 Å². The van der Waals surface area contributed by atoms with E-state index < -0.39 is 0 Å². The molecule has 1 aliphatic heterocycles. The molecule has 1 heterocycles. The van der Waals surface area contributed by atoms with Gasteiger partial charge in [0.05, 0.1) is 6.61 Å². The number of hydrogen-bond acceptors (Lipinski definition) is 4. The zero-order valence-electron chi connectivity index (χ0n) is 19.1. The molecule has 4 nitrogen and oxygen atoms in total. The molecule has 0 saturated carbocycles. The van der Waals surface area contributed by atoms with Crippen molar-refractivity contribution < 1.29 is 9.84 Å². The van der Waals surface area contributed by atoms with E-state index in [1.54, 1.807) is 0 Å². The predicted molar refractivity (Wildman–Crippen MR) is 133 cm³/mol. The normalized spacial score (nSPS) is 18.4. The third kappa shape index (κ3) is 7.79. The number of ether oxygens (including phenoxy) is 1. The number of benzene rings is 2. The Kier molecular flexibility index (Phi) is 9.82. The maximum absolute atomic E-state index is 9.72. The third-order valence-electron chi connectivity index (χ3n) is 5.85. The van der Waals surface area contributed by atoms with E-state index in [1.165, 1.54) is 11.1 Å². The average molecular weight is 455 g/mol. The lowest BCUT2D eigenvalue weighted by Crippen LogP contribution is -2.44. The van der Waals surface area contributed by atoms with Crippen molar-refractivity contribution in [2.75, 3.05) is 19.7 Å². The molecule has 2 atom stereocenters.